The SMILES string of the molecule is CNC(CCOc1ccc(Cl)cc1)C(=O)OC. The van der Waals surface area contributed by atoms with Crippen molar-refractivity contribution in [2.45, 2.75) is 12.5 Å². The van der Waals surface area contributed by atoms with Gasteiger partial charge in [-0.2, -0.15) is 0 Å². The van der Waals surface area contributed by atoms with Crippen LogP contribution in [-0.4, -0.2) is 32.8 Å². The van der Waals surface area contributed by atoms with Crippen LogP contribution in [0.4, 0.5) is 0 Å². The topological polar surface area (TPSA) is 47.6 Å². The van der Waals surface area contributed by atoms with Gasteiger partial charge in [0.2, 0.25) is 0 Å². The second-order valence-corrected chi connectivity index (χ2v) is 3.89. The number of esters is 1. The fourth-order valence-electron chi connectivity index (χ4n) is 1.35. The van der Waals surface area contributed by atoms with Gasteiger partial charge in [-0.15, -0.1) is 0 Å². The molecule has 1 rings (SSSR count). The molecule has 1 unspecified atom stereocenters. The average molecular weight is 258 g/mol. The molecule has 94 valence electrons. The van der Waals surface area contributed by atoms with E-state index in [0.717, 1.165) is 5.75 Å². The first-order valence-corrected chi connectivity index (χ1v) is 5.68. The summed E-state index contributed by atoms with van der Waals surface area (Å²) >= 11 is 5.75. The molecule has 4 nitrogen and oxygen atoms in total. The lowest BCUT2D eigenvalue weighted by atomic mass is 10.2. The molecule has 0 aliphatic rings. The van der Waals surface area contributed by atoms with E-state index in [1.165, 1.54) is 7.11 Å². The fraction of sp³-hybridized carbons (Fsp3) is 0.417. The Balaban J connectivity index is 2.36. The van der Waals surface area contributed by atoms with E-state index in [1.54, 1.807) is 31.3 Å². The van der Waals surface area contributed by atoms with E-state index in [9.17, 15) is 4.79 Å². The van der Waals surface area contributed by atoms with Crippen LogP contribution in [0.15, 0.2) is 24.3 Å². The summed E-state index contributed by atoms with van der Waals surface area (Å²) in [5, 5.41) is 3.54. The third kappa shape index (κ3) is 4.63. The second-order valence-electron chi connectivity index (χ2n) is 3.46. The normalized spacial score (nSPS) is 11.9. The highest BCUT2D eigenvalue weighted by Crippen LogP contribution is 2.15. The largest absolute Gasteiger partial charge is 0.494 e. The highest BCUT2D eigenvalue weighted by molar-refractivity contribution is 6.30. The summed E-state index contributed by atoms with van der Waals surface area (Å²) in [5.74, 6) is 0.446. The summed E-state index contributed by atoms with van der Waals surface area (Å²) < 4.78 is 10.1. The van der Waals surface area contributed by atoms with Crippen LogP contribution in [0.25, 0.3) is 0 Å². The number of hydrogen-bond acceptors (Lipinski definition) is 4. The fourth-order valence-corrected chi connectivity index (χ4v) is 1.47. The van der Waals surface area contributed by atoms with E-state index >= 15 is 0 Å². The zero-order chi connectivity index (χ0) is 12.7. The van der Waals surface area contributed by atoms with Gasteiger partial charge in [0.25, 0.3) is 0 Å². The van der Waals surface area contributed by atoms with E-state index in [-0.39, 0.29) is 12.0 Å². The van der Waals surface area contributed by atoms with E-state index in [2.05, 4.69) is 10.1 Å². The molecule has 0 bridgehead atoms. The predicted octanol–water partition coefficient (Wildman–Crippen LogP) is 1.87. The lowest BCUT2D eigenvalue weighted by Crippen LogP contribution is -2.36. The van der Waals surface area contributed by atoms with Crippen LogP contribution in [0.3, 0.4) is 0 Å². The highest BCUT2D eigenvalue weighted by Gasteiger charge is 2.16. The molecule has 1 aromatic carbocycles. The van der Waals surface area contributed by atoms with Crippen molar-refractivity contribution >= 4 is 17.6 Å². The van der Waals surface area contributed by atoms with E-state index in [1.807, 2.05) is 0 Å². The van der Waals surface area contributed by atoms with Gasteiger partial charge >= 0.3 is 5.97 Å². The van der Waals surface area contributed by atoms with E-state index < -0.39 is 0 Å². The molecule has 0 aliphatic heterocycles. The average Bonchev–Trinajstić information content (AvgIpc) is 2.36. The van der Waals surface area contributed by atoms with Crippen molar-refractivity contribution in [3.8, 4) is 5.75 Å². The van der Waals surface area contributed by atoms with Gasteiger partial charge in [-0.3, -0.25) is 4.79 Å². The zero-order valence-corrected chi connectivity index (χ0v) is 10.7. The van der Waals surface area contributed by atoms with Gasteiger partial charge < -0.3 is 14.8 Å². The molecule has 0 radical (unpaired) electrons. The van der Waals surface area contributed by atoms with Crippen LogP contribution < -0.4 is 10.1 Å². The molecule has 5 heteroatoms. The number of rotatable bonds is 6. The summed E-state index contributed by atoms with van der Waals surface area (Å²) in [6.07, 6.45) is 0.547. The third-order valence-electron chi connectivity index (χ3n) is 2.32. The van der Waals surface area contributed by atoms with E-state index in [0.29, 0.717) is 18.1 Å². The summed E-state index contributed by atoms with van der Waals surface area (Å²) in [6, 6.07) is 6.75. The monoisotopic (exact) mass is 257 g/mol. The number of ether oxygens (including phenoxy) is 2. The standard InChI is InChI=1S/C12H16ClNO3/c1-14-11(12(15)16-2)7-8-17-10-5-3-9(13)4-6-10/h3-6,11,14H,7-8H2,1-2H3. The Morgan fingerprint density at radius 2 is 2.06 bits per heavy atom. The first-order valence-electron chi connectivity index (χ1n) is 5.31. The van der Waals surface area contributed by atoms with Gasteiger partial charge in [0, 0.05) is 11.4 Å². The molecule has 0 amide bonds. The van der Waals surface area contributed by atoms with Gasteiger partial charge in [-0.05, 0) is 31.3 Å². The zero-order valence-electron chi connectivity index (χ0n) is 9.90. The number of halogens is 1. The molecule has 0 spiro atoms. The van der Waals surface area contributed by atoms with Crippen LogP contribution >= 0.6 is 11.6 Å². The maximum absolute atomic E-state index is 11.3. The molecule has 0 fully saturated rings. The van der Waals surface area contributed by atoms with Gasteiger partial charge in [0.1, 0.15) is 11.8 Å². The van der Waals surface area contributed by atoms with Gasteiger partial charge in [-0.1, -0.05) is 11.6 Å². The lowest BCUT2D eigenvalue weighted by Gasteiger charge is -2.13. The molecule has 1 atom stereocenters. The first kappa shape index (κ1) is 13.8. The number of carbonyl (C=O) groups excluding carboxylic acids is 1. The van der Waals surface area contributed by atoms with Crippen molar-refractivity contribution in [2.24, 2.45) is 0 Å². The Morgan fingerprint density at radius 1 is 1.41 bits per heavy atom. The predicted molar refractivity (Wildman–Crippen MR) is 66.4 cm³/mol. The van der Waals surface area contributed by atoms with E-state index in [4.69, 9.17) is 16.3 Å². The number of hydrogen-bond donors (Lipinski definition) is 1. The highest BCUT2D eigenvalue weighted by atomic mass is 35.5. The number of carbonyl (C=O) groups is 1. The van der Waals surface area contributed by atoms with Crippen molar-refractivity contribution in [1.29, 1.82) is 0 Å². The maximum atomic E-state index is 11.3. The minimum Gasteiger partial charge on any atom is -0.494 e. The van der Waals surface area contributed by atoms with Crippen molar-refractivity contribution < 1.29 is 14.3 Å². The Labute approximate surface area is 106 Å². The molecular weight excluding hydrogens is 242 g/mol. The summed E-state index contributed by atoms with van der Waals surface area (Å²) in [4.78, 5) is 11.3. The van der Waals surface area contributed by atoms with Gasteiger partial charge in [-0.25, -0.2) is 0 Å². The minimum absolute atomic E-state index is 0.285. The number of nitrogens with one attached hydrogen (secondary N) is 1. The molecular formula is C12H16ClNO3. The Bertz CT molecular complexity index is 353. The van der Waals surface area contributed by atoms with Crippen LogP contribution in [0.5, 0.6) is 5.75 Å². The molecule has 1 aromatic rings. The maximum Gasteiger partial charge on any atom is 0.322 e. The van der Waals surface area contributed by atoms with Crippen LogP contribution in [0.2, 0.25) is 5.02 Å². The van der Waals surface area contributed by atoms with Crippen LogP contribution in [-0.2, 0) is 9.53 Å². The van der Waals surface area contributed by atoms with Crippen molar-refractivity contribution in [3.63, 3.8) is 0 Å². The van der Waals surface area contributed by atoms with Gasteiger partial charge in [0.15, 0.2) is 0 Å². The van der Waals surface area contributed by atoms with Gasteiger partial charge in [0.05, 0.1) is 13.7 Å². The molecule has 0 saturated carbocycles. The van der Waals surface area contributed by atoms with Crippen molar-refractivity contribution in [1.82, 2.24) is 5.32 Å². The van der Waals surface area contributed by atoms with Crippen molar-refractivity contribution in [2.75, 3.05) is 20.8 Å². The molecule has 0 saturated heterocycles. The smallest absolute Gasteiger partial charge is 0.322 e. The molecule has 0 aromatic heterocycles. The quantitative estimate of drug-likeness (QED) is 0.791. The Kier molecular flexibility index (Phi) is 5.80. The minimum atomic E-state index is -0.340. The summed E-state index contributed by atoms with van der Waals surface area (Å²) in [7, 11) is 3.08. The molecule has 0 heterocycles. The second kappa shape index (κ2) is 7.14. The van der Waals surface area contributed by atoms with Crippen molar-refractivity contribution in [3.05, 3.63) is 29.3 Å². The van der Waals surface area contributed by atoms with Crippen LogP contribution in [0.1, 0.15) is 6.42 Å². The number of benzene rings is 1. The number of methoxy groups -OCH3 is 1. The number of likely N-dealkylation sites (N-methyl/N-ethyl adjacent to an activating group) is 1. The lowest BCUT2D eigenvalue weighted by molar-refractivity contribution is -0.143. The third-order valence-corrected chi connectivity index (χ3v) is 2.58. The first-order chi connectivity index (χ1) is 8.17. The Morgan fingerprint density at radius 3 is 2.59 bits per heavy atom. The molecule has 17 heavy (non-hydrogen) atoms. The Hall–Kier alpha value is -1.26. The molecule has 0 aliphatic carbocycles. The van der Waals surface area contributed by atoms with Crippen LogP contribution in [0, 0.1) is 0 Å². The molecule has 1 N–H and O–H groups in total. The summed E-state index contributed by atoms with van der Waals surface area (Å²) in [6.45, 7) is 0.433. The summed E-state index contributed by atoms with van der Waals surface area (Å²) in [5.41, 5.74) is 0.